The topological polar surface area (TPSA) is 93.3 Å². The normalized spacial score (nSPS) is 11.9. The van der Waals surface area contributed by atoms with Crippen LogP contribution in [0.2, 0.25) is 0 Å². The van der Waals surface area contributed by atoms with Crippen LogP contribution < -0.4 is 5.73 Å². The predicted octanol–water partition coefficient (Wildman–Crippen LogP) is 1.97. The van der Waals surface area contributed by atoms with Crippen LogP contribution >= 0.6 is 11.3 Å². The maximum absolute atomic E-state index is 12.2. The molecule has 1 aromatic carbocycles. The Kier molecular flexibility index (Phi) is 4.62. The van der Waals surface area contributed by atoms with E-state index in [9.17, 15) is 14.7 Å². The van der Waals surface area contributed by atoms with Crippen molar-refractivity contribution in [2.45, 2.75) is 12.5 Å². The van der Waals surface area contributed by atoms with Crippen LogP contribution in [-0.4, -0.2) is 27.7 Å². The number of carbonyl (C=O) groups is 2. The van der Waals surface area contributed by atoms with Gasteiger partial charge in [-0.15, -0.1) is 11.3 Å². The second-order valence-corrected chi connectivity index (χ2v) is 5.31. The van der Waals surface area contributed by atoms with Gasteiger partial charge in [-0.05, 0) is 30.2 Å². The molecule has 0 aliphatic heterocycles. The number of phenols is 1. The Bertz CT molecular complexity index is 676. The van der Waals surface area contributed by atoms with Gasteiger partial charge in [0.15, 0.2) is 5.01 Å². The molecule has 0 aliphatic rings. The molecule has 0 spiro atoms. The van der Waals surface area contributed by atoms with Gasteiger partial charge in [0.1, 0.15) is 11.4 Å². The summed E-state index contributed by atoms with van der Waals surface area (Å²) in [6.07, 6.45) is 1.49. The molecule has 5 nitrogen and oxygen atoms in total. The van der Waals surface area contributed by atoms with Crippen LogP contribution in [0.15, 0.2) is 42.3 Å². The molecule has 2 aromatic rings. The molecule has 6 heteroatoms. The van der Waals surface area contributed by atoms with E-state index in [-0.39, 0.29) is 28.0 Å². The van der Waals surface area contributed by atoms with Crippen LogP contribution in [0.4, 0.5) is 0 Å². The van der Waals surface area contributed by atoms with Gasteiger partial charge in [-0.25, -0.2) is 4.98 Å². The molecule has 2 rings (SSSR count). The van der Waals surface area contributed by atoms with Gasteiger partial charge in [-0.2, -0.15) is 0 Å². The molecule has 1 heterocycles. The van der Waals surface area contributed by atoms with E-state index in [1.54, 1.807) is 12.1 Å². The molecular formula is C15H14N2O3S. The van der Waals surface area contributed by atoms with Crippen molar-refractivity contribution in [2.24, 2.45) is 5.73 Å². The molecule has 0 unspecified atom stereocenters. The van der Waals surface area contributed by atoms with Crippen LogP contribution in [-0.2, 0) is 6.42 Å². The molecule has 0 radical (unpaired) electrons. The van der Waals surface area contributed by atoms with Crippen LogP contribution in [0.3, 0.4) is 0 Å². The molecule has 1 atom stereocenters. The third-order valence-electron chi connectivity index (χ3n) is 2.88. The fourth-order valence-electron chi connectivity index (χ4n) is 1.74. The van der Waals surface area contributed by atoms with Gasteiger partial charge < -0.3 is 10.8 Å². The van der Waals surface area contributed by atoms with Crippen LogP contribution in [0.5, 0.6) is 5.75 Å². The van der Waals surface area contributed by atoms with Crippen LogP contribution in [0, 0.1) is 0 Å². The number of phenolic OH excluding ortho intramolecular Hbond substituents is 1. The predicted molar refractivity (Wildman–Crippen MR) is 80.8 cm³/mol. The summed E-state index contributed by atoms with van der Waals surface area (Å²) < 4.78 is 0. The summed E-state index contributed by atoms with van der Waals surface area (Å²) in [5.74, 6) is -0.472. The van der Waals surface area contributed by atoms with Crippen molar-refractivity contribution >= 4 is 22.9 Å². The molecule has 21 heavy (non-hydrogen) atoms. The van der Waals surface area contributed by atoms with Crippen molar-refractivity contribution in [1.29, 1.82) is 0 Å². The monoisotopic (exact) mass is 302 g/mol. The van der Waals surface area contributed by atoms with Crippen molar-refractivity contribution < 1.29 is 14.7 Å². The fourth-order valence-corrected chi connectivity index (χ4v) is 2.55. The average molecular weight is 302 g/mol. The number of hydrogen-bond acceptors (Lipinski definition) is 6. The number of allylic oxidation sites excluding steroid dienone is 1. The summed E-state index contributed by atoms with van der Waals surface area (Å²) in [5, 5.41) is 10.9. The summed E-state index contributed by atoms with van der Waals surface area (Å²) in [6, 6.07) is 5.74. The van der Waals surface area contributed by atoms with Gasteiger partial charge in [-0.1, -0.05) is 18.7 Å². The lowest BCUT2D eigenvalue weighted by molar-refractivity contribution is 0.0960. The zero-order valence-corrected chi connectivity index (χ0v) is 12.0. The van der Waals surface area contributed by atoms with E-state index in [0.717, 1.165) is 23.0 Å². The maximum atomic E-state index is 12.2. The number of carbonyl (C=O) groups excluding carboxylic acids is 2. The lowest BCUT2D eigenvalue weighted by atomic mass is 10.0. The number of aromatic hydroxyl groups is 1. The van der Waals surface area contributed by atoms with E-state index in [1.165, 1.54) is 17.5 Å². The van der Waals surface area contributed by atoms with Gasteiger partial charge in [0.2, 0.25) is 11.6 Å². The Morgan fingerprint density at radius 2 is 2.05 bits per heavy atom. The smallest absolute Gasteiger partial charge is 0.208 e. The van der Waals surface area contributed by atoms with E-state index in [4.69, 9.17) is 5.73 Å². The number of Topliss-reactive ketones (excluding diaryl/α,β-unsaturated/α-hetero) is 1. The molecule has 0 bridgehead atoms. The van der Waals surface area contributed by atoms with E-state index in [0.29, 0.717) is 6.42 Å². The number of benzene rings is 1. The first-order valence-corrected chi connectivity index (χ1v) is 7.09. The molecule has 0 saturated carbocycles. The molecule has 0 aliphatic carbocycles. The second-order valence-electron chi connectivity index (χ2n) is 4.45. The lowest BCUT2D eigenvalue weighted by Crippen LogP contribution is -2.32. The van der Waals surface area contributed by atoms with Crippen molar-refractivity contribution in [1.82, 2.24) is 4.98 Å². The van der Waals surface area contributed by atoms with Gasteiger partial charge in [0, 0.05) is 5.38 Å². The van der Waals surface area contributed by atoms with Crippen LogP contribution in [0.1, 0.15) is 25.9 Å². The maximum Gasteiger partial charge on any atom is 0.208 e. The molecule has 0 saturated heterocycles. The number of aromatic nitrogens is 1. The summed E-state index contributed by atoms with van der Waals surface area (Å²) in [5.41, 5.74) is 6.93. The lowest BCUT2D eigenvalue weighted by Gasteiger charge is -2.08. The van der Waals surface area contributed by atoms with Crippen molar-refractivity contribution in [3.63, 3.8) is 0 Å². The van der Waals surface area contributed by atoms with Gasteiger partial charge in [0.05, 0.1) is 6.04 Å². The Labute approximate surface area is 125 Å². The molecule has 108 valence electrons. The minimum Gasteiger partial charge on any atom is -0.508 e. The van der Waals surface area contributed by atoms with Crippen LogP contribution in [0.25, 0.3) is 0 Å². The number of nitrogens with two attached hydrogens (primary N) is 1. The number of nitrogens with zero attached hydrogens (tertiary/aromatic N) is 1. The highest BCUT2D eigenvalue weighted by Gasteiger charge is 2.20. The Hall–Kier alpha value is -2.31. The second kappa shape index (κ2) is 6.43. The SMILES string of the molecule is C=CC(=O)c1csc(C(=O)[C@@H](N)Cc2ccc(O)cc2)n1. The number of thiazole rings is 1. The third-order valence-corrected chi connectivity index (χ3v) is 3.74. The van der Waals surface area contributed by atoms with E-state index < -0.39 is 6.04 Å². The molecule has 0 amide bonds. The summed E-state index contributed by atoms with van der Waals surface area (Å²) >= 11 is 1.09. The zero-order valence-electron chi connectivity index (χ0n) is 11.2. The molecule has 3 N–H and O–H groups in total. The van der Waals surface area contributed by atoms with E-state index in [1.807, 2.05) is 0 Å². The number of hydrogen-bond donors (Lipinski definition) is 2. The number of ketones is 2. The molecular weight excluding hydrogens is 288 g/mol. The summed E-state index contributed by atoms with van der Waals surface area (Å²) in [7, 11) is 0. The largest absolute Gasteiger partial charge is 0.508 e. The fraction of sp³-hybridized carbons (Fsp3) is 0.133. The van der Waals surface area contributed by atoms with Crippen molar-refractivity contribution in [3.8, 4) is 5.75 Å². The minimum atomic E-state index is -0.743. The van der Waals surface area contributed by atoms with Crippen molar-refractivity contribution in [3.05, 3.63) is 58.6 Å². The Balaban J connectivity index is 2.08. The first kappa shape index (κ1) is 15.1. The Morgan fingerprint density at radius 3 is 2.67 bits per heavy atom. The van der Waals surface area contributed by atoms with Gasteiger partial charge in [-0.3, -0.25) is 9.59 Å². The summed E-state index contributed by atoms with van der Waals surface area (Å²) in [4.78, 5) is 27.6. The first-order chi connectivity index (χ1) is 10.0. The quantitative estimate of drug-likeness (QED) is 0.628. The zero-order chi connectivity index (χ0) is 15.4. The highest BCUT2D eigenvalue weighted by molar-refractivity contribution is 7.12. The third kappa shape index (κ3) is 3.62. The highest BCUT2D eigenvalue weighted by Crippen LogP contribution is 2.15. The van der Waals surface area contributed by atoms with Gasteiger partial charge >= 0.3 is 0 Å². The average Bonchev–Trinajstić information content (AvgIpc) is 2.97. The highest BCUT2D eigenvalue weighted by atomic mass is 32.1. The first-order valence-electron chi connectivity index (χ1n) is 6.21. The van der Waals surface area contributed by atoms with E-state index in [2.05, 4.69) is 11.6 Å². The van der Waals surface area contributed by atoms with E-state index >= 15 is 0 Å². The van der Waals surface area contributed by atoms with Crippen molar-refractivity contribution in [2.75, 3.05) is 0 Å². The molecule has 1 aromatic heterocycles. The van der Waals surface area contributed by atoms with Gasteiger partial charge in [0.25, 0.3) is 0 Å². The standard InChI is InChI=1S/C15H14N2O3S/c1-2-13(19)12-8-21-15(17-12)14(20)11(16)7-9-3-5-10(18)6-4-9/h2-6,8,11,18H,1,7,16H2/t11-/m0/s1. The minimum absolute atomic E-state index is 0.158. The molecule has 0 fully saturated rings. The summed E-state index contributed by atoms with van der Waals surface area (Å²) in [6.45, 7) is 3.37. The number of rotatable bonds is 6. The Morgan fingerprint density at radius 1 is 1.38 bits per heavy atom.